The molecule has 0 radical (unpaired) electrons. The fourth-order valence-electron chi connectivity index (χ4n) is 2.13. The quantitative estimate of drug-likeness (QED) is 0.869. The summed E-state index contributed by atoms with van der Waals surface area (Å²) in [4.78, 5) is 24.0. The van der Waals surface area contributed by atoms with Gasteiger partial charge in [0.05, 0.1) is 12.0 Å². The number of hydrogen-bond donors (Lipinski definition) is 2. The van der Waals surface area contributed by atoms with E-state index in [-0.39, 0.29) is 22.6 Å². The first-order valence-electron chi connectivity index (χ1n) is 6.69. The largest absolute Gasteiger partial charge is 0.384 e. The van der Waals surface area contributed by atoms with Crippen LogP contribution in [0.3, 0.4) is 0 Å². The minimum atomic E-state index is -0.313. The van der Waals surface area contributed by atoms with Gasteiger partial charge in [0.2, 0.25) is 0 Å². The van der Waals surface area contributed by atoms with Gasteiger partial charge in [0.15, 0.2) is 5.69 Å². The van der Waals surface area contributed by atoms with Gasteiger partial charge in [-0.15, -0.1) is 0 Å². The van der Waals surface area contributed by atoms with Crippen molar-refractivity contribution < 1.29 is 9.53 Å². The number of aromatic amines is 1. The number of benzene rings is 1. The molecule has 1 aromatic carbocycles. The SMILES string of the molecule is COCC(C)(C)CNC(=O)c1n[nH]c(=O)c2ccccc12. The third kappa shape index (κ3) is 3.46. The number of hydrogen-bond acceptors (Lipinski definition) is 4. The molecule has 0 spiro atoms. The molecule has 6 heteroatoms. The maximum atomic E-state index is 12.3. The summed E-state index contributed by atoms with van der Waals surface area (Å²) in [6, 6.07) is 6.91. The molecule has 0 aliphatic rings. The highest BCUT2D eigenvalue weighted by atomic mass is 16.5. The van der Waals surface area contributed by atoms with Gasteiger partial charge in [0.25, 0.3) is 11.5 Å². The van der Waals surface area contributed by atoms with Crippen LogP contribution in [0.2, 0.25) is 0 Å². The van der Waals surface area contributed by atoms with Gasteiger partial charge >= 0.3 is 0 Å². The van der Waals surface area contributed by atoms with E-state index in [1.807, 2.05) is 13.8 Å². The fraction of sp³-hybridized carbons (Fsp3) is 0.400. The van der Waals surface area contributed by atoms with E-state index in [4.69, 9.17) is 4.74 Å². The second kappa shape index (κ2) is 6.05. The van der Waals surface area contributed by atoms with Crippen LogP contribution in [0.1, 0.15) is 24.3 Å². The average Bonchev–Trinajstić information content (AvgIpc) is 2.46. The molecule has 0 aliphatic carbocycles. The Balaban J connectivity index is 2.25. The number of H-pyrrole nitrogens is 1. The smallest absolute Gasteiger partial charge is 0.272 e. The van der Waals surface area contributed by atoms with Gasteiger partial charge in [0, 0.05) is 24.5 Å². The van der Waals surface area contributed by atoms with Crippen molar-refractivity contribution in [1.29, 1.82) is 0 Å². The lowest BCUT2D eigenvalue weighted by atomic mass is 9.95. The molecule has 2 N–H and O–H groups in total. The number of methoxy groups -OCH3 is 1. The van der Waals surface area contributed by atoms with Crippen LogP contribution in [0.25, 0.3) is 10.8 Å². The van der Waals surface area contributed by atoms with Crippen LogP contribution in [-0.2, 0) is 4.74 Å². The second-order valence-corrected chi connectivity index (χ2v) is 5.73. The van der Waals surface area contributed by atoms with Crippen LogP contribution >= 0.6 is 0 Å². The molecule has 0 saturated carbocycles. The zero-order valence-electron chi connectivity index (χ0n) is 12.4. The van der Waals surface area contributed by atoms with Crippen molar-refractivity contribution in [2.45, 2.75) is 13.8 Å². The van der Waals surface area contributed by atoms with Crippen molar-refractivity contribution in [3.8, 4) is 0 Å². The van der Waals surface area contributed by atoms with Crippen LogP contribution < -0.4 is 10.9 Å². The zero-order valence-corrected chi connectivity index (χ0v) is 12.4. The molecular formula is C15H19N3O3. The Bertz CT molecular complexity index is 707. The first kappa shape index (κ1) is 15.2. The molecule has 2 aromatic rings. The van der Waals surface area contributed by atoms with Crippen LogP contribution in [0.15, 0.2) is 29.1 Å². The minimum Gasteiger partial charge on any atom is -0.384 e. The standard InChI is InChI=1S/C15H19N3O3/c1-15(2,9-21-3)8-16-14(20)12-10-6-4-5-7-11(10)13(19)18-17-12/h4-7H,8-9H2,1-3H3,(H,16,20)(H,18,19). The number of nitrogens with one attached hydrogen (secondary N) is 2. The first-order valence-corrected chi connectivity index (χ1v) is 6.69. The zero-order chi connectivity index (χ0) is 15.5. The van der Waals surface area contributed by atoms with Crippen molar-refractivity contribution in [3.63, 3.8) is 0 Å². The Labute approximate surface area is 122 Å². The number of amides is 1. The van der Waals surface area contributed by atoms with Gasteiger partial charge in [0.1, 0.15) is 0 Å². The van der Waals surface area contributed by atoms with Gasteiger partial charge in [-0.05, 0) is 6.07 Å². The number of rotatable bonds is 5. The fourth-order valence-corrected chi connectivity index (χ4v) is 2.13. The van der Waals surface area contributed by atoms with Gasteiger partial charge in [-0.2, -0.15) is 5.10 Å². The molecule has 0 unspecified atom stereocenters. The molecule has 2 rings (SSSR count). The maximum Gasteiger partial charge on any atom is 0.272 e. The number of carbonyl (C=O) groups is 1. The van der Waals surface area contributed by atoms with Crippen molar-refractivity contribution >= 4 is 16.7 Å². The van der Waals surface area contributed by atoms with E-state index >= 15 is 0 Å². The molecule has 1 heterocycles. The van der Waals surface area contributed by atoms with Crippen molar-refractivity contribution in [2.24, 2.45) is 5.41 Å². The van der Waals surface area contributed by atoms with Gasteiger partial charge in [-0.3, -0.25) is 9.59 Å². The minimum absolute atomic E-state index is 0.178. The van der Waals surface area contributed by atoms with E-state index in [1.54, 1.807) is 31.4 Å². The summed E-state index contributed by atoms with van der Waals surface area (Å²) in [5, 5.41) is 10.1. The Morgan fingerprint density at radius 3 is 2.67 bits per heavy atom. The molecule has 0 bridgehead atoms. The predicted molar refractivity (Wildman–Crippen MR) is 80.4 cm³/mol. The van der Waals surface area contributed by atoms with E-state index in [9.17, 15) is 9.59 Å². The number of nitrogens with zero attached hydrogens (tertiary/aromatic N) is 1. The Morgan fingerprint density at radius 2 is 2.00 bits per heavy atom. The van der Waals surface area contributed by atoms with E-state index in [1.165, 1.54) is 0 Å². The van der Waals surface area contributed by atoms with E-state index in [0.29, 0.717) is 23.9 Å². The number of ether oxygens (including phenoxy) is 1. The van der Waals surface area contributed by atoms with Crippen LogP contribution in [0.4, 0.5) is 0 Å². The van der Waals surface area contributed by atoms with Crippen molar-refractivity contribution in [2.75, 3.05) is 20.3 Å². The normalized spacial score (nSPS) is 11.6. The summed E-state index contributed by atoms with van der Waals surface area (Å²) in [7, 11) is 1.63. The van der Waals surface area contributed by atoms with E-state index in [2.05, 4.69) is 15.5 Å². The third-order valence-electron chi connectivity index (χ3n) is 3.17. The highest BCUT2D eigenvalue weighted by Crippen LogP contribution is 2.15. The molecule has 0 fully saturated rings. The second-order valence-electron chi connectivity index (χ2n) is 5.73. The molecule has 6 nitrogen and oxygen atoms in total. The Morgan fingerprint density at radius 1 is 1.33 bits per heavy atom. The lowest BCUT2D eigenvalue weighted by Gasteiger charge is -2.23. The summed E-state index contributed by atoms with van der Waals surface area (Å²) in [6.07, 6.45) is 0. The molecule has 0 aliphatic heterocycles. The van der Waals surface area contributed by atoms with Crippen LogP contribution in [-0.4, -0.2) is 36.4 Å². The predicted octanol–water partition coefficient (Wildman–Crippen LogP) is 1.33. The Kier molecular flexibility index (Phi) is 4.37. The summed E-state index contributed by atoms with van der Waals surface area (Å²) >= 11 is 0. The molecule has 1 amide bonds. The monoisotopic (exact) mass is 289 g/mol. The average molecular weight is 289 g/mol. The van der Waals surface area contributed by atoms with Crippen molar-refractivity contribution in [3.05, 3.63) is 40.3 Å². The number of fused-ring (bicyclic) bond motifs is 1. The number of carbonyl (C=O) groups excluding carboxylic acids is 1. The maximum absolute atomic E-state index is 12.3. The van der Waals surface area contributed by atoms with Crippen molar-refractivity contribution in [1.82, 2.24) is 15.5 Å². The molecule has 0 atom stereocenters. The third-order valence-corrected chi connectivity index (χ3v) is 3.17. The lowest BCUT2D eigenvalue weighted by molar-refractivity contribution is 0.0843. The summed E-state index contributed by atoms with van der Waals surface area (Å²) in [6.45, 7) is 4.98. The summed E-state index contributed by atoms with van der Waals surface area (Å²) in [5.74, 6) is -0.313. The van der Waals surface area contributed by atoms with Gasteiger partial charge in [-0.1, -0.05) is 32.0 Å². The number of aromatic nitrogens is 2. The lowest BCUT2D eigenvalue weighted by Crippen LogP contribution is -2.37. The Hall–Kier alpha value is -2.21. The topological polar surface area (TPSA) is 84.1 Å². The van der Waals surface area contributed by atoms with E-state index < -0.39 is 0 Å². The molecule has 1 aromatic heterocycles. The molecule has 21 heavy (non-hydrogen) atoms. The first-order chi connectivity index (χ1) is 9.94. The highest BCUT2D eigenvalue weighted by molar-refractivity contribution is 6.04. The summed E-state index contributed by atoms with van der Waals surface area (Å²) in [5.41, 5.74) is -0.261. The van der Waals surface area contributed by atoms with Gasteiger partial charge < -0.3 is 10.1 Å². The molecule has 112 valence electrons. The van der Waals surface area contributed by atoms with Crippen LogP contribution in [0.5, 0.6) is 0 Å². The van der Waals surface area contributed by atoms with Crippen LogP contribution in [0, 0.1) is 5.41 Å². The molecular weight excluding hydrogens is 270 g/mol. The summed E-state index contributed by atoms with van der Waals surface area (Å²) < 4.78 is 5.12. The van der Waals surface area contributed by atoms with Gasteiger partial charge in [-0.25, -0.2) is 5.10 Å². The van der Waals surface area contributed by atoms with E-state index in [0.717, 1.165) is 0 Å². The molecule has 0 saturated heterocycles. The highest BCUT2D eigenvalue weighted by Gasteiger charge is 2.20.